The van der Waals surface area contributed by atoms with Gasteiger partial charge in [0.05, 0.1) is 17.2 Å². The monoisotopic (exact) mass is 565 g/mol. The third-order valence-corrected chi connectivity index (χ3v) is 9.47. The lowest BCUT2D eigenvalue weighted by molar-refractivity contribution is -0.661. The van der Waals surface area contributed by atoms with Crippen LogP contribution in [0.15, 0.2) is 95.5 Å². The summed E-state index contributed by atoms with van der Waals surface area (Å²) in [5.41, 5.74) is 9.76. The first-order valence-corrected chi connectivity index (χ1v) is 15.1. The molecule has 3 nitrogen and oxygen atoms in total. The average molecular weight is 566 g/mol. The molecule has 1 saturated carbocycles. The minimum absolute atomic E-state index is 0.248. The topological polar surface area (TPSA) is 40.8 Å². The molecule has 4 aromatic carbocycles. The van der Waals surface area contributed by atoms with Gasteiger partial charge in [-0.2, -0.15) is 5.26 Å². The zero-order valence-corrected chi connectivity index (χ0v) is 24.8. The van der Waals surface area contributed by atoms with E-state index in [9.17, 15) is 9.65 Å². The second-order valence-electron chi connectivity index (χ2n) is 12.1. The maximum Gasteiger partial charge on any atom is 0.219 e. The molecule has 1 fully saturated rings. The van der Waals surface area contributed by atoms with E-state index in [1.165, 1.54) is 36.8 Å². The first-order valence-electron chi connectivity index (χ1n) is 15.1. The van der Waals surface area contributed by atoms with Gasteiger partial charge in [0.2, 0.25) is 5.69 Å². The van der Waals surface area contributed by atoms with E-state index in [-0.39, 0.29) is 5.82 Å². The molecule has 212 valence electrons. The average Bonchev–Trinajstić information content (AvgIpc) is 3.42. The molecule has 4 heteroatoms. The van der Waals surface area contributed by atoms with Crippen molar-refractivity contribution in [2.75, 3.05) is 0 Å². The SMILES string of the molecule is Cc1c[n+](C)c(-c2c(C)ccc3c2oc2c(-c4ccc(C5CCC(c6ccccc6)CC5)cc4)c(C#N)ccc23)cc1F. The first kappa shape index (κ1) is 27.1. The number of furan rings is 1. The molecule has 1 aliphatic carbocycles. The van der Waals surface area contributed by atoms with Crippen LogP contribution in [0.25, 0.3) is 44.3 Å². The molecule has 0 radical (unpaired) electrons. The van der Waals surface area contributed by atoms with Gasteiger partial charge in [-0.15, -0.1) is 0 Å². The fraction of sp³-hybridized carbons (Fsp3) is 0.231. The molecule has 6 aromatic rings. The van der Waals surface area contributed by atoms with Crippen LogP contribution in [-0.4, -0.2) is 0 Å². The van der Waals surface area contributed by atoms with Crippen LogP contribution in [0.1, 0.15) is 65.3 Å². The molecule has 2 heterocycles. The van der Waals surface area contributed by atoms with Gasteiger partial charge >= 0.3 is 0 Å². The fourth-order valence-electron chi connectivity index (χ4n) is 7.11. The number of halogens is 1. The highest BCUT2D eigenvalue weighted by molar-refractivity contribution is 6.14. The van der Waals surface area contributed by atoms with Gasteiger partial charge < -0.3 is 4.42 Å². The molecule has 0 amide bonds. The zero-order chi connectivity index (χ0) is 29.7. The van der Waals surface area contributed by atoms with Gasteiger partial charge in [0.25, 0.3) is 0 Å². The molecule has 0 N–H and O–H groups in total. The first-order chi connectivity index (χ1) is 20.9. The quantitative estimate of drug-likeness (QED) is 0.200. The molecule has 0 atom stereocenters. The van der Waals surface area contributed by atoms with Crippen LogP contribution in [0.3, 0.4) is 0 Å². The lowest BCUT2D eigenvalue weighted by Crippen LogP contribution is -2.31. The summed E-state index contributed by atoms with van der Waals surface area (Å²) in [6.45, 7) is 3.79. The highest BCUT2D eigenvalue weighted by atomic mass is 19.1. The van der Waals surface area contributed by atoms with Crippen molar-refractivity contribution in [3.05, 3.63) is 125 Å². The summed E-state index contributed by atoms with van der Waals surface area (Å²) < 4.78 is 23.4. The number of aromatic nitrogens is 1. The Labute approximate surface area is 251 Å². The van der Waals surface area contributed by atoms with Crippen LogP contribution in [-0.2, 0) is 7.05 Å². The summed E-state index contributed by atoms with van der Waals surface area (Å²) in [5.74, 6) is 0.946. The smallest absolute Gasteiger partial charge is 0.219 e. The highest BCUT2D eigenvalue weighted by Gasteiger charge is 2.26. The summed E-state index contributed by atoms with van der Waals surface area (Å²) in [7, 11) is 1.93. The molecule has 0 unspecified atom stereocenters. The number of rotatable bonds is 4. The van der Waals surface area contributed by atoms with Crippen molar-refractivity contribution in [1.29, 1.82) is 5.26 Å². The Morgan fingerprint density at radius 3 is 2.00 bits per heavy atom. The maximum atomic E-state index is 14.7. The molecular formula is C39H34FN2O+. The van der Waals surface area contributed by atoms with Crippen LogP contribution < -0.4 is 4.57 Å². The number of nitriles is 1. The third-order valence-electron chi connectivity index (χ3n) is 9.47. The van der Waals surface area contributed by atoms with Crippen molar-refractivity contribution in [3.63, 3.8) is 0 Å². The highest BCUT2D eigenvalue weighted by Crippen LogP contribution is 2.44. The molecule has 0 spiro atoms. The Hall–Kier alpha value is -4.75. The van der Waals surface area contributed by atoms with Crippen LogP contribution in [0, 0.1) is 31.0 Å². The van der Waals surface area contributed by atoms with E-state index in [0.29, 0.717) is 34.1 Å². The van der Waals surface area contributed by atoms with Crippen molar-refractivity contribution in [2.24, 2.45) is 7.05 Å². The van der Waals surface area contributed by atoms with Gasteiger partial charge in [0.15, 0.2) is 6.20 Å². The summed E-state index contributed by atoms with van der Waals surface area (Å²) in [6, 6.07) is 31.6. The minimum Gasteiger partial charge on any atom is -0.454 e. The Balaban J connectivity index is 1.28. The number of hydrogen-bond donors (Lipinski definition) is 0. The van der Waals surface area contributed by atoms with Gasteiger partial charge in [-0.25, -0.2) is 8.96 Å². The lowest BCUT2D eigenvalue weighted by atomic mass is 9.76. The van der Waals surface area contributed by atoms with Crippen LogP contribution in [0.2, 0.25) is 0 Å². The number of benzene rings is 4. The van der Waals surface area contributed by atoms with Crippen molar-refractivity contribution in [2.45, 2.75) is 51.4 Å². The molecule has 0 saturated heterocycles. The van der Waals surface area contributed by atoms with E-state index in [1.807, 2.05) is 30.7 Å². The molecular weight excluding hydrogens is 531 g/mol. The number of hydrogen-bond acceptors (Lipinski definition) is 2. The second-order valence-corrected chi connectivity index (χ2v) is 12.1. The number of pyridine rings is 1. The van der Waals surface area contributed by atoms with E-state index in [2.05, 4.69) is 72.8 Å². The number of aryl methyl sites for hydroxylation is 3. The molecule has 0 aliphatic heterocycles. The van der Waals surface area contributed by atoms with Crippen molar-refractivity contribution in [1.82, 2.24) is 0 Å². The van der Waals surface area contributed by atoms with Gasteiger partial charge in [-0.3, -0.25) is 0 Å². The van der Waals surface area contributed by atoms with Crippen LogP contribution in [0.4, 0.5) is 4.39 Å². The Bertz CT molecular complexity index is 2030. The fourth-order valence-corrected chi connectivity index (χ4v) is 7.11. The van der Waals surface area contributed by atoms with E-state index < -0.39 is 0 Å². The van der Waals surface area contributed by atoms with Gasteiger partial charge in [0, 0.05) is 28.0 Å². The van der Waals surface area contributed by atoms with Gasteiger partial charge in [-0.05, 0) is 85.8 Å². The number of fused-ring (bicyclic) bond motifs is 3. The van der Waals surface area contributed by atoms with E-state index in [4.69, 9.17) is 4.42 Å². The predicted octanol–water partition coefficient (Wildman–Crippen LogP) is 9.81. The second kappa shape index (κ2) is 10.8. The summed E-state index contributed by atoms with van der Waals surface area (Å²) in [4.78, 5) is 0. The zero-order valence-electron chi connectivity index (χ0n) is 24.8. The summed E-state index contributed by atoms with van der Waals surface area (Å²) >= 11 is 0. The largest absolute Gasteiger partial charge is 0.454 e. The van der Waals surface area contributed by atoms with E-state index in [0.717, 1.165) is 38.7 Å². The standard InChI is InChI=1S/C39H34FN2O/c1-24-9-19-32-33-20-18-31(22-41)37(39(33)43-38(32)36(24)35-21-34(40)25(2)23-42(35)3)30-16-14-29(15-17-30)28-12-10-27(11-13-28)26-7-5-4-6-8-26/h4-9,14-21,23,27-28H,10-13H2,1-3H3/q+1. The molecule has 7 rings (SSSR count). The summed E-state index contributed by atoms with van der Waals surface area (Å²) in [5, 5.41) is 12.0. The van der Waals surface area contributed by atoms with E-state index >= 15 is 0 Å². The lowest BCUT2D eigenvalue weighted by Gasteiger charge is -2.29. The van der Waals surface area contributed by atoms with Crippen LogP contribution >= 0.6 is 0 Å². The summed E-state index contributed by atoms with van der Waals surface area (Å²) in [6.07, 6.45) is 6.58. The normalized spacial score (nSPS) is 16.9. The van der Waals surface area contributed by atoms with E-state index in [1.54, 1.807) is 19.2 Å². The third kappa shape index (κ3) is 4.70. The molecule has 1 aliphatic rings. The van der Waals surface area contributed by atoms with Gasteiger partial charge in [0.1, 0.15) is 24.0 Å². The minimum atomic E-state index is -0.248. The van der Waals surface area contributed by atoms with Crippen molar-refractivity contribution < 1.29 is 13.4 Å². The maximum absolute atomic E-state index is 14.7. The van der Waals surface area contributed by atoms with Crippen molar-refractivity contribution in [3.8, 4) is 28.5 Å². The number of nitrogens with zero attached hydrogens (tertiary/aromatic N) is 2. The van der Waals surface area contributed by atoms with Crippen molar-refractivity contribution >= 4 is 21.9 Å². The van der Waals surface area contributed by atoms with Gasteiger partial charge in [-0.1, -0.05) is 66.7 Å². The molecule has 43 heavy (non-hydrogen) atoms. The Morgan fingerprint density at radius 1 is 0.744 bits per heavy atom. The molecule has 0 bridgehead atoms. The predicted molar refractivity (Wildman–Crippen MR) is 170 cm³/mol. The Kier molecular flexibility index (Phi) is 6.82. The van der Waals surface area contributed by atoms with Crippen LogP contribution in [0.5, 0.6) is 0 Å². The molecule has 2 aromatic heterocycles. The Morgan fingerprint density at radius 2 is 1.35 bits per heavy atom.